The van der Waals surface area contributed by atoms with Crippen molar-refractivity contribution in [1.29, 1.82) is 0 Å². The average Bonchev–Trinajstić information content (AvgIpc) is 3.20. The summed E-state index contributed by atoms with van der Waals surface area (Å²) in [6.07, 6.45) is 2.98. The molecule has 0 bridgehead atoms. The van der Waals surface area contributed by atoms with Crippen LogP contribution in [0.15, 0.2) is 18.2 Å². The van der Waals surface area contributed by atoms with Gasteiger partial charge in [-0.05, 0) is 25.0 Å². The first kappa shape index (κ1) is 18.6. The molecule has 26 heavy (non-hydrogen) atoms. The molecule has 0 aromatic heterocycles. The van der Waals surface area contributed by atoms with Crippen LogP contribution in [0.25, 0.3) is 0 Å². The zero-order valence-corrected chi connectivity index (χ0v) is 15.0. The highest BCUT2D eigenvalue weighted by atomic mass is 16.6. The molecule has 0 radical (unpaired) electrons. The third-order valence-electron chi connectivity index (χ3n) is 5.07. The third kappa shape index (κ3) is 4.70. The molecule has 1 aromatic carbocycles. The number of anilines is 1. The minimum absolute atomic E-state index is 0.0114. The summed E-state index contributed by atoms with van der Waals surface area (Å²) in [6, 6.07) is 4.79. The van der Waals surface area contributed by atoms with Crippen molar-refractivity contribution < 1.29 is 19.4 Å². The molecule has 2 aliphatic heterocycles. The lowest BCUT2D eigenvalue weighted by Crippen LogP contribution is -3.14. The fourth-order valence-corrected chi connectivity index (χ4v) is 3.59. The summed E-state index contributed by atoms with van der Waals surface area (Å²) in [4.78, 5) is 26.9. The zero-order valence-electron chi connectivity index (χ0n) is 15.0. The highest BCUT2D eigenvalue weighted by Gasteiger charge is 2.23. The monoisotopic (exact) mass is 363 g/mol. The molecule has 1 amide bonds. The lowest BCUT2D eigenvalue weighted by atomic mass is 10.1. The Balaban J connectivity index is 1.54. The Morgan fingerprint density at radius 2 is 2.00 bits per heavy atom. The molecule has 8 nitrogen and oxygen atoms in total. The molecule has 142 valence electrons. The van der Waals surface area contributed by atoms with Crippen LogP contribution in [0.4, 0.5) is 11.4 Å². The van der Waals surface area contributed by atoms with E-state index >= 15 is 0 Å². The number of carbonyl (C=O) groups is 1. The van der Waals surface area contributed by atoms with E-state index in [4.69, 9.17) is 4.74 Å². The lowest BCUT2D eigenvalue weighted by Gasteiger charge is -2.23. The number of amides is 1. The van der Waals surface area contributed by atoms with Crippen molar-refractivity contribution in [3.05, 3.63) is 33.9 Å². The second-order valence-electron chi connectivity index (χ2n) is 6.88. The van der Waals surface area contributed by atoms with E-state index in [1.807, 2.05) is 4.90 Å². The molecule has 8 heteroatoms. The minimum Gasteiger partial charge on any atom is -0.370 e. The number of ether oxygens (including phenoxy) is 1. The lowest BCUT2D eigenvalue weighted by molar-refractivity contribution is -0.908. The average molecular weight is 363 g/mol. The van der Waals surface area contributed by atoms with Crippen molar-refractivity contribution in [3.63, 3.8) is 0 Å². The molecule has 2 fully saturated rings. The van der Waals surface area contributed by atoms with Gasteiger partial charge in [-0.25, -0.2) is 0 Å². The van der Waals surface area contributed by atoms with E-state index in [2.05, 4.69) is 5.32 Å². The number of quaternary nitrogens is 1. The first-order valence-corrected chi connectivity index (χ1v) is 9.38. The quantitative estimate of drug-likeness (QED) is 0.411. The predicted octanol–water partition coefficient (Wildman–Crippen LogP) is 0.230. The number of nitrogens with one attached hydrogen (secondary N) is 2. The summed E-state index contributed by atoms with van der Waals surface area (Å²) in [6.45, 7) is 6.86. The van der Waals surface area contributed by atoms with Gasteiger partial charge in [-0.15, -0.1) is 0 Å². The molecule has 1 aromatic rings. The highest BCUT2D eigenvalue weighted by molar-refractivity contribution is 5.95. The first-order valence-electron chi connectivity index (χ1n) is 9.38. The van der Waals surface area contributed by atoms with Gasteiger partial charge in [-0.3, -0.25) is 14.9 Å². The molecule has 0 saturated carbocycles. The van der Waals surface area contributed by atoms with Gasteiger partial charge in [-0.2, -0.15) is 0 Å². The normalized spacial score (nSPS) is 18.1. The van der Waals surface area contributed by atoms with Crippen LogP contribution < -0.4 is 15.1 Å². The van der Waals surface area contributed by atoms with Crippen LogP contribution in [0.2, 0.25) is 0 Å². The maximum Gasteiger partial charge on any atom is 0.293 e. The van der Waals surface area contributed by atoms with E-state index in [9.17, 15) is 14.9 Å². The van der Waals surface area contributed by atoms with Crippen molar-refractivity contribution in [3.8, 4) is 0 Å². The summed E-state index contributed by atoms with van der Waals surface area (Å²) >= 11 is 0. The summed E-state index contributed by atoms with van der Waals surface area (Å²) in [5.74, 6) is -0.252. The maximum absolute atomic E-state index is 12.3. The van der Waals surface area contributed by atoms with E-state index < -0.39 is 4.92 Å². The molecule has 0 aliphatic carbocycles. The highest BCUT2D eigenvalue weighted by Crippen LogP contribution is 2.31. The van der Waals surface area contributed by atoms with Gasteiger partial charge in [0.15, 0.2) is 0 Å². The van der Waals surface area contributed by atoms with Gasteiger partial charge < -0.3 is 19.9 Å². The molecule has 3 rings (SSSR count). The number of rotatable bonds is 7. The number of benzene rings is 1. The van der Waals surface area contributed by atoms with Crippen LogP contribution in [-0.4, -0.2) is 63.3 Å². The van der Waals surface area contributed by atoms with Gasteiger partial charge in [0, 0.05) is 37.7 Å². The molecular formula is C18H27N4O4+. The number of hydrogen-bond acceptors (Lipinski definition) is 5. The zero-order chi connectivity index (χ0) is 18.4. The Kier molecular flexibility index (Phi) is 6.40. The molecule has 0 spiro atoms. The van der Waals surface area contributed by atoms with Crippen molar-refractivity contribution in [2.75, 3.05) is 57.4 Å². The van der Waals surface area contributed by atoms with Crippen LogP contribution in [0.1, 0.15) is 29.6 Å². The predicted molar refractivity (Wildman–Crippen MR) is 97.9 cm³/mol. The summed E-state index contributed by atoms with van der Waals surface area (Å²) in [5, 5.41) is 14.3. The Labute approximate surface area is 153 Å². The number of nitrogens with zero attached hydrogens (tertiary/aromatic N) is 2. The SMILES string of the molecule is O=C(NCCC[NH+]1CCOCC1)c1ccc(N2CCCC2)c([N+](=O)[O-])c1. The van der Waals surface area contributed by atoms with Crippen molar-refractivity contribution in [2.24, 2.45) is 0 Å². The topological polar surface area (TPSA) is 89.2 Å². The van der Waals surface area contributed by atoms with E-state index in [1.54, 1.807) is 12.1 Å². The summed E-state index contributed by atoms with van der Waals surface area (Å²) < 4.78 is 5.33. The summed E-state index contributed by atoms with van der Waals surface area (Å²) in [5.41, 5.74) is 0.968. The van der Waals surface area contributed by atoms with Gasteiger partial charge in [0.25, 0.3) is 11.6 Å². The molecule has 0 unspecified atom stereocenters. The number of nitro benzene ring substituents is 1. The second-order valence-corrected chi connectivity index (χ2v) is 6.88. The molecule has 2 heterocycles. The van der Waals surface area contributed by atoms with Crippen molar-refractivity contribution in [1.82, 2.24) is 5.32 Å². The van der Waals surface area contributed by atoms with Gasteiger partial charge in [-0.1, -0.05) is 0 Å². The largest absolute Gasteiger partial charge is 0.370 e. The molecule has 2 saturated heterocycles. The Morgan fingerprint density at radius 3 is 2.69 bits per heavy atom. The number of morpholine rings is 1. The molecule has 0 atom stereocenters. The Morgan fingerprint density at radius 1 is 1.27 bits per heavy atom. The van der Waals surface area contributed by atoms with Gasteiger partial charge in [0.1, 0.15) is 18.8 Å². The fourth-order valence-electron chi connectivity index (χ4n) is 3.59. The minimum atomic E-state index is -0.397. The Hall–Kier alpha value is -2.19. The van der Waals surface area contributed by atoms with Gasteiger partial charge in [0.2, 0.25) is 0 Å². The van der Waals surface area contributed by atoms with Crippen molar-refractivity contribution >= 4 is 17.3 Å². The van der Waals surface area contributed by atoms with Crippen LogP contribution in [0.5, 0.6) is 0 Å². The van der Waals surface area contributed by atoms with Crippen LogP contribution in [0, 0.1) is 10.1 Å². The number of nitro groups is 1. The Bertz CT molecular complexity index is 640. The van der Waals surface area contributed by atoms with Gasteiger partial charge in [0.05, 0.1) is 24.7 Å². The standard InChI is InChI=1S/C18H26N4O4/c23-18(19-6-3-7-20-10-12-26-13-11-20)15-4-5-16(17(14-15)22(24)25)21-8-1-2-9-21/h4-5,14H,1-3,6-13H2,(H,19,23)/p+1. The molecule has 2 aliphatic rings. The molecule has 2 N–H and O–H groups in total. The fraction of sp³-hybridized carbons (Fsp3) is 0.611. The van der Waals surface area contributed by atoms with E-state index in [1.165, 1.54) is 11.0 Å². The smallest absolute Gasteiger partial charge is 0.293 e. The van der Waals surface area contributed by atoms with E-state index in [0.717, 1.165) is 65.2 Å². The molecular weight excluding hydrogens is 336 g/mol. The van der Waals surface area contributed by atoms with Gasteiger partial charge >= 0.3 is 0 Å². The third-order valence-corrected chi connectivity index (χ3v) is 5.07. The summed E-state index contributed by atoms with van der Waals surface area (Å²) in [7, 11) is 0. The van der Waals surface area contributed by atoms with Crippen LogP contribution >= 0.6 is 0 Å². The van der Waals surface area contributed by atoms with Crippen LogP contribution in [0.3, 0.4) is 0 Å². The number of hydrogen-bond donors (Lipinski definition) is 2. The van der Waals surface area contributed by atoms with Crippen LogP contribution in [-0.2, 0) is 4.74 Å². The van der Waals surface area contributed by atoms with E-state index in [-0.39, 0.29) is 11.6 Å². The maximum atomic E-state index is 12.3. The number of carbonyl (C=O) groups excluding carboxylic acids is 1. The van der Waals surface area contributed by atoms with E-state index in [0.29, 0.717) is 17.8 Å². The first-order chi connectivity index (χ1) is 12.6. The second kappa shape index (κ2) is 8.95. The van der Waals surface area contributed by atoms with Crippen molar-refractivity contribution in [2.45, 2.75) is 19.3 Å².